The molecule has 1 aliphatic rings. The van der Waals surface area contributed by atoms with E-state index >= 15 is 0 Å². The highest BCUT2D eigenvalue weighted by molar-refractivity contribution is 5.93. The molecular weight excluding hydrogens is 256 g/mol. The van der Waals surface area contributed by atoms with Gasteiger partial charge in [0.15, 0.2) is 11.5 Å². The number of carbonyl (C=O) groups excluding carboxylic acids is 1. The average molecular weight is 278 g/mol. The summed E-state index contributed by atoms with van der Waals surface area (Å²) in [5.41, 5.74) is 0.735. The molecular formula is C15H22N2O3. The third-order valence-electron chi connectivity index (χ3n) is 3.66. The first-order valence-corrected chi connectivity index (χ1v) is 6.98. The average Bonchev–Trinajstić information content (AvgIpc) is 2.37. The Morgan fingerprint density at radius 1 is 1.45 bits per heavy atom. The first-order chi connectivity index (χ1) is 9.65. The number of ether oxygens (including phenoxy) is 2. The second-order valence-electron chi connectivity index (χ2n) is 4.99. The monoisotopic (exact) mass is 278 g/mol. The molecule has 0 spiro atoms. The van der Waals surface area contributed by atoms with Crippen LogP contribution < -0.4 is 20.1 Å². The summed E-state index contributed by atoms with van der Waals surface area (Å²) in [6.07, 6.45) is 0. The zero-order chi connectivity index (χ0) is 14.5. The van der Waals surface area contributed by atoms with Gasteiger partial charge in [0.05, 0.1) is 13.7 Å². The molecule has 0 aliphatic carbocycles. The maximum absolute atomic E-state index is 12.2. The lowest BCUT2D eigenvalue weighted by atomic mass is 9.88. The van der Waals surface area contributed by atoms with E-state index < -0.39 is 0 Å². The van der Waals surface area contributed by atoms with Crippen LogP contribution in [0.5, 0.6) is 11.5 Å². The first-order valence-electron chi connectivity index (χ1n) is 6.98. The lowest BCUT2D eigenvalue weighted by molar-refractivity contribution is -0.121. The molecule has 1 aromatic rings. The highest BCUT2D eigenvalue weighted by Gasteiger charge is 2.28. The second kappa shape index (κ2) is 6.61. The Morgan fingerprint density at radius 3 is 2.75 bits per heavy atom. The van der Waals surface area contributed by atoms with Crippen LogP contribution in [0.2, 0.25) is 0 Å². The third kappa shape index (κ3) is 3.22. The van der Waals surface area contributed by atoms with Crippen molar-refractivity contribution in [2.24, 2.45) is 11.8 Å². The van der Waals surface area contributed by atoms with E-state index in [9.17, 15) is 4.79 Å². The van der Waals surface area contributed by atoms with Crippen molar-refractivity contribution >= 4 is 11.6 Å². The summed E-state index contributed by atoms with van der Waals surface area (Å²) in [5, 5.41) is 6.12. The topological polar surface area (TPSA) is 59.6 Å². The molecule has 1 amide bonds. The van der Waals surface area contributed by atoms with E-state index in [-0.39, 0.29) is 11.8 Å². The summed E-state index contributed by atoms with van der Waals surface area (Å²) in [5.74, 6) is 1.80. The number of carbonyl (C=O) groups is 1. The number of benzene rings is 1. The van der Waals surface area contributed by atoms with Crippen LogP contribution in [0.3, 0.4) is 0 Å². The lowest BCUT2D eigenvalue weighted by Gasteiger charge is -2.31. The Morgan fingerprint density at radius 2 is 2.20 bits per heavy atom. The number of anilines is 1. The fourth-order valence-corrected chi connectivity index (χ4v) is 2.16. The minimum Gasteiger partial charge on any atom is -0.493 e. The summed E-state index contributed by atoms with van der Waals surface area (Å²) >= 11 is 0. The van der Waals surface area contributed by atoms with Gasteiger partial charge in [-0.2, -0.15) is 0 Å². The number of hydrogen-bond acceptors (Lipinski definition) is 4. The molecule has 1 heterocycles. The Bertz CT molecular complexity index is 472. The molecule has 0 bridgehead atoms. The lowest BCUT2D eigenvalue weighted by Crippen LogP contribution is -2.48. The molecule has 1 saturated heterocycles. The Hall–Kier alpha value is -1.75. The molecule has 110 valence electrons. The van der Waals surface area contributed by atoms with Crippen LogP contribution in [0.4, 0.5) is 5.69 Å². The molecule has 1 aromatic carbocycles. The normalized spacial score (nSPS) is 16.1. The summed E-state index contributed by atoms with van der Waals surface area (Å²) in [6, 6.07) is 5.42. The minimum atomic E-state index is 0.00824. The summed E-state index contributed by atoms with van der Waals surface area (Å²) in [6.45, 7) is 6.27. The van der Waals surface area contributed by atoms with E-state index in [2.05, 4.69) is 10.6 Å². The molecule has 5 nitrogen and oxygen atoms in total. The zero-order valence-corrected chi connectivity index (χ0v) is 12.2. The highest BCUT2D eigenvalue weighted by Crippen LogP contribution is 2.30. The van der Waals surface area contributed by atoms with Gasteiger partial charge in [-0.25, -0.2) is 0 Å². The van der Waals surface area contributed by atoms with Crippen molar-refractivity contribution in [1.82, 2.24) is 5.32 Å². The molecule has 1 unspecified atom stereocenters. The van der Waals surface area contributed by atoms with Crippen molar-refractivity contribution in [3.63, 3.8) is 0 Å². The van der Waals surface area contributed by atoms with Gasteiger partial charge < -0.3 is 20.1 Å². The van der Waals surface area contributed by atoms with Gasteiger partial charge in [-0.1, -0.05) is 6.92 Å². The standard InChI is InChI=1S/C15H22N2O3/c1-4-20-14-7-12(5-6-13(14)19-3)17-15(18)10(2)11-8-16-9-11/h5-7,10-11,16H,4,8-9H2,1-3H3,(H,17,18). The van der Waals surface area contributed by atoms with Crippen molar-refractivity contribution in [2.45, 2.75) is 13.8 Å². The quantitative estimate of drug-likeness (QED) is 0.834. The smallest absolute Gasteiger partial charge is 0.227 e. The Kier molecular flexibility index (Phi) is 4.84. The van der Waals surface area contributed by atoms with Gasteiger partial charge in [-0.05, 0) is 38.1 Å². The fourth-order valence-electron chi connectivity index (χ4n) is 2.16. The van der Waals surface area contributed by atoms with E-state index in [1.165, 1.54) is 0 Å². The van der Waals surface area contributed by atoms with Crippen LogP contribution in [0.25, 0.3) is 0 Å². The van der Waals surface area contributed by atoms with Gasteiger partial charge in [0, 0.05) is 17.7 Å². The van der Waals surface area contributed by atoms with E-state index in [1.807, 2.05) is 19.9 Å². The number of nitrogens with one attached hydrogen (secondary N) is 2. The van der Waals surface area contributed by atoms with Gasteiger partial charge in [0.2, 0.25) is 5.91 Å². The van der Waals surface area contributed by atoms with Gasteiger partial charge >= 0.3 is 0 Å². The maximum atomic E-state index is 12.2. The number of methoxy groups -OCH3 is 1. The van der Waals surface area contributed by atoms with Gasteiger partial charge in [0.25, 0.3) is 0 Å². The van der Waals surface area contributed by atoms with Crippen molar-refractivity contribution < 1.29 is 14.3 Å². The number of hydrogen-bond donors (Lipinski definition) is 2. The van der Waals surface area contributed by atoms with Crippen LogP contribution >= 0.6 is 0 Å². The van der Waals surface area contributed by atoms with Gasteiger partial charge in [0.1, 0.15) is 0 Å². The predicted octanol–water partition coefficient (Wildman–Crippen LogP) is 1.89. The Balaban J connectivity index is 2.04. The molecule has 5 heteroatoms. The largest absolute Gasteiger partial charge is 0.493 e. The molecule has 1 atom stereocenters. The third-order valence-corrected chi connectivity index (χ3v) is 3.66. The van der Waals surface area contributed by atoms with Crippen molar-refractivity contribution in [3.8, 4) is 11.5 Å². The Labute approximate surface area is 119 Å². The molecule has 1 fully saturated rings. The number of rotatable bonds is 6. The van der Waals surface area contributed by atoms with Crippen molar-refractivity contribution in [1.29, 1.82) is 0 Å². The van der Waals surface area contributed by atoms with Gasteiger partial charge in [-0.15, -0.1) is 0 Å². The van der Waals surface area contributed by atoms with Crippen LogP contribution in [-0.2, 0) is 4.79 Å². The predicted molar refractivity (Wildman–Crippen MR) is 78.3 cm³/mol. The van der Waals surface area contributed by atoms with Crippen LogP contribution in [0.1, 0.15) is 13.8 Å². The summed E-state index contributed by atoms with van der Waals surface area (Å²) in [4.78, 5) is 12.2. The molecule has 20 heavy (non-hydrogen) atoms. The van der Waals surface area contributed by atoms with Crippen molar-refractivity contribution in [3.05, 3.63) is 18.2 Å². The van der Waals surface area contributed by atoms with Crippen LogP contribution in [-0.4, -0.2) is 32.7 Å². The minimum absolute atomic E-state index is 0.00824. The maximum Gasteiger partial charge on any atom is 0.227 e. The zero-order valence-electron chi connectivity index (χ0n) is 12.2. The highest BCUT2D eigenvalue weighted by atomic mass is 16.5. The van der Waals surface area contributed by atoms with E-state index in [0.717, 1.165) is 18.8 Å². The molecule has 0 saturated carbocycles. The van der Waals surface area contributed by atoms with Crippen LogP contribution in [0, 0.1) is 11.8 Å². The molecule has 0 radical (unpaired) electrons. The number of amides is 1. The fraction of sp³-hybridized carbons (Fsp3) is 0.533. The van der Waals surface area contributed by atoms with Gasteiger partial charge in [-0.3, -0.25) is 4.79 Å². The molecule has 0 aromatic heterocycles. The molecule has 2 rings (SSSR count). The molecule has 1 aliphatic heterocycles. The molecule has 2 N–H and O–H groups in total. The van der Waals surface area contributed by atoms with E-state index in [0.29, 0.717) is 24.0 Å². The summed E-state index contributed by atoms with van der Waals surface area (Å²) < 4.78 is 10.7. The first kappa shape index (κ1) is 14.7. The SMILES string of the molecule is CCOc1cc(NC(=O)C(C)C2CNC2)ccc1OC. The van der Waals surface area contributed by atoms with Crippen molar-refractivity contribution in [2.75, 3.05) is 32.1 Å². The van der Waals surface area contributed by atoms with E-state index in [1.54, 1.807) is 19.2 Å². The van der Waals surface area contributed by atoms with E-state index in [4.69, 9.17) is 9.47 Å². The summed E-state index contributed by atoms with van der Waals surface area (Å²) in [7, 11) is 1.60. The van der Waals surface area contributed by atoms with Crippen LogP contribution in [0.15, 0.2) is 18.2 Å². The second-order valence-corrected chi connectivity index (χ2v) is 4.99.